The molecular formula is C20H17Cl2N3O. The lowest BCUT2D eigenvalue weighted by Gasteiger charge is -2.10. The summed E-state index contributed by atoms with van der Waals surface area (Å²) in [5.41, 5.74) is 8.70. The zero-order valence-corrected chi connectivity index (χ0v) is 15.8. The Hall–Kier alpha value is -2.43. The van der Waals surface area contributed by atoms with Crippen molar-refractivity contribution in [1.29, 1.82) is 0 Å². The molecule has 0 spiro atoms. The zero-order chi connectivity index (χ0) is 18.8. The van der Waals surface area contributed by atoms with Crippen LogP contribution in [0.2, 0.25) is 10.0 Å². The van der Waals surface area contributed by atoms with Crippen LogP contribution in [0.25, 0.3) is 22.0 Å². The Morgan fingerprint density at radius 2 is 1.85 bits per heavy atom. The summed E-state index contributed by atoms with van der Waals surface area (Å²) in [6.45, 7) is 3.77. The van der Waals surface area contributed by atoms with Gasteiger partial charge in [-0.05, 0) is 42.0 Å². The van der Waals surface area contributed by atoms with Gasteiger partial charge in [0, 0.05) is 38.7 Å². The van der Waals surface area contributed by atoms with Crippen molar-refractivity contribution in [3.63, 3.8) is 0 Å². The predicted molar refractivity (Wildman–Crippen MR) is 108 cm³/mol. The van der Waals surface area contributed by atoms with Gasteiger partial charge in [0.15, 0.2) is 0 Å². The molecule has 0 fully saturated rings. The van der Waals surface area contributed by atoms with Crippen LogP contribution in [0.15, 0.2) is 53.7 Å². The molecule has 0 atom stereocenters. The van der Waals surface area contributed by atoms with E-state index >= 15 is 0 Å². The summed E-state index contributed by atoms with van der Waals surface area (Å²) >= 11 is 12.4. The lowest BCUT2D eigenvalue weighted by atomic mass is 9.99. The molecule has 0 unspecified atom stereocenters. The molecule has 2 N–H and O–H groups in total. The maximum atomic E-state index is 12.4. The summed E-state index contributed by atoms with van der Waals surface area (Å²) in [6.07, 6.45) is 1.71. The minimum Gasteiger partial charge on any atom is -0.387 e. The van der Waals surface area contributed by atoms with Gasteiger partial charge in [0.1, 0.15) is 5.84 Å². The third kappa shape index (κ3) is 3.71. The predicted octanol–water partition coefficient (Wildman–Crippen LogP) is 5.36. The van der Waals surface area contributed by atoms with E-state index in [9.17, 15) is 4.79 Å². The minimum atomic E-state index is -0.380. The molecular weight excluding hydrogens is 369 g/mol. The summed E-state index contributed by atoms with van der Waals surface area (Å²) in [7, 11) is 0. The number of amidine groups is 1. The fourth-order valence-electron chi connectivity index (χ4n) is 2.53. The summed E-state index contributed by atoms with van der Waals surface area (Å²) in [5.74, 6) is -0.0677. The topological polar surface area (TPSA) is 68.3 Å². The Bertz CT molecular complexity index is 1030. The number of aliphatic imine (C=N–C) groups is 1. The summed E-state index contributed by atoms with van der Waals surface area (Å²) in [4.78, 5) is 20.8. The van der Waals surface area contributed by atoms with Crippen molar-refractivity contribution in [2.45, 2.75) is 13.8 Å². The van der Waals surface area contributed by atoms with E-state index in [0.717, 1.165) is 22.0 Å². The molecule has 3 rings (SSSR count). The molecule has 26 heavy (non-hydrogen) atoms. The second kappa shape index (κ2) is 7.44. The lowest BCUT2D eigenvalue weighted by molar-refractivity contribution is 0.100. The number of fused-ring (bicyclic) bond motifs is 1. The van der Waals surface area contributed by atoms with Gasteiger partial charge in [-0.3, -0.25) is 9.78 Å². The van der Waals surface area contributed by atoms with Crippen molar-refractivity contribution in [2.24, 2.45) is 16.6 Å². The summed E-state index contributed by atoms with van der Waals surface area (Å²) in [5, 5.41) is 1.90. The quantitative estimate of drug-likeness (QED) is 0.487. The summed E-state index contributed by atoms with van der Waals surface area (Å²) < 4.78 is 0. The maximum Gasteiger partial charge on any atom is 0.278 e. The van der Waals surface area contributed by atoms with Gasteiger partial charge in [-0.15, -0.1) is 0 Å². The molecule has 132 valence electrons. The number of carbonyl (C=O) groups is 1. The molecule has 1 amide bonds. The molecule has 0 aliphatic heterocycles. The molecule has 2 aromatic carbocycles. The smallest absolute Gasteiger partial charge is 0.278 e. The van der Waals surface area contributed by atoms with Gasteiger partial charge in [0.25, 0.3) is 5.91 Å². The number of rotatable bonds is 3. The van der Waals surface area contributed by atoms with Crippen LogP contribution in [0.1, 0.15) is 24.2 Å². The van der Waals surface area contributed by atoms with Crippen molar-refractivity contribution in [1.82, 2.24) is 4.98 Å². The van der Waals surface area contributed by atoms with Crippen molar-refractivity contribution < 1.29 is 4.79 Å². The number of nitrogens with two attached hydrogens (primary N) is 1. The minimum absolute atomic E-state index is 0.00417. The Kier molecular flexibility index (Phi) is 5.25. The van der Waals surface area contributed by atoms with Gasteiger partial charge in [0.05, 0.1) is 5.52 Å². The van der Waals surface area contributed by atoms with Crippen LogP contribution in [-0.2, 0) is 0 Å². The average Bonchev–Trinajstić information content (AvgIpc) is 2.61. The highest BCUT2D eigenvalue weighted by atomic mass is 35.5. The van der Waals surface area contributed by atoms with E-state index in [1.54, 1.807) is 36.5 Å². The molecule has 4 nitrogen and oxygen atoms in total. The van der Waals surface area contributed by atoms with Crippen molar-refractivity contribution >= 4 is 45.8 Å². The Balaban J connectivity index is 2.15. The van der Waals surface area contributed by atoms with Crippen LogP contribution in [0, 0.1) is 5.92 Å². The first-order valence-corrected chi connectivity index (χ1v) is 8.85. The molecule has 0 bridgehead atoms. The standard InChI is InChI=1S/C20H17Cl2N3O/c1-11(2)19(23)25-20(26)12-3-6-18-16(9-12)14(7-8-24-18)15-5-4-13(21)10-17(15)22/h3-11H,1-2H3,(H2,23,25,26). The van der Waals surface area contributed by atoms with E-state index in [1.165, 1.54) is 0 Å². The van der Waals surface area contributed by atoms with E-state index in [1.807, 2.05) is 26.0 Å². The first-order valence-electron chi connectivity index (χ1n) is 8.09. The third-order valence-electron chi connectivity index (χ3n) is 4.03. The zero-order valence-electron chi connectivity index (χ0n) is 14.3. The van der Waals surface area contributed by atoms with Crippen LogP contribution in [0.3, 0.4) is 0 Å². The van der Waals surface area contributed by atoms with E-state index in [4.69, 9.17) is 28.9 Å². The number of hydrogen-bond donors (Lipinski definition) is 1. The molecule has 0 radical (unpaired) electrons. The van der Waals surface area contributed by atoms with Crippen molar-refractivity contribution in [2.75, 3.05) is 0 Å². The van der Waals surface area contributed by atoms with E-state index < -0.39 is 0 Å². The molecule has 3 aromatic rings. The molecule has 0 saturated carbocycles. The van der Waals surface area contributed by atoms with Gasteiger partial charge in [-0.25, -0.2) is 0 Å². The SMILES string of the molecule is CC(C)C(N)=NC(=O)c1ccc2nccc(-c3ccc(Cl)cc3Cl)c2c1. The number of pyridine rings is 1. The molecule has 6 heteroatoms. The number of nitrogens with zero attached hydrogens (tertiary/aromatic N) is 2. The Morgan fingerprint density at radius 1 is 1.08 bits per heavy atom. The molecule has 1 aromatic heterocycles. The largest absolute Gasteiger partial charge is 0.387 e. The van der Waals surface area contributed by atoms with Crippen molar-refractivity contribution in [3.05, 3.63) is 64.3 Å². The Morgan fingerprint density at radius 3 is 2.54 bits per heavy atom. The van der Waals surface area contributed by atoms with Gasteiger partial charge < -0.3 is 5.73 Å². The number of hydrogen-bond acceptors (Lipinski definition) is 2. The Labute approximate surface area is 161 Å². The monoisotopic (exact) mass is 385 g/mol. The van der Waals surface area contributed by atoms with Gasteiger partial charge in [-0.1, -0.05) is 43.1 Å². The highest BCUT2D eigenvalue weighted by Gasteiger charge is 2.13. The second-order valence-electron chi connectivity index (χ2n) is 6.21. The van der Waals surface area contributed by atoms with Crippen LogP contribution >= 0.6 is 23.2 Å². The van der Waals surface area contributed by atoms with E-state index in [-0.39, 0.29) is 11.8 Å². The fraction of sp³-hybridized carbons (Fsp3) is 0.150. The second-order valence-corrected chi connectivity index (χ2v) is 7.05. The van der Waals surface area contributed by atoms with Gasteiger partial charge >= 0.3 is 0 Å². The van der Waals surface area contributed by atoms with E-state index in [2.05, 4.69) is 9.98 Å². The molecule has 0 aliphatic rings. The van der Waals surface area contributed by atoms with Gasteiger partial charge in [0.2, 0.25) is 0 Å². The maximum absolute atomic E-state index is 12.4. The normalized spacial score (nSPS) is 12.0. The highest BCUT2D eigenvalue weighted by molar-refractivity contribution is 6.36. The van der Waals surface area contributed by atoms with Crippen LogP contribution in [0.4, 0.5) is 0 Å². The highest BCUT2D eigenvalue weighted by Crippen LogP contribution is 2.34. The molecule has 0 saturated heterocycles. The number of benzene rings is 2. The van der Waals surface area contributed by atoms with Crippen LogP contribution < -0.4 is 5.73 Å². The molecule has 1 heterocycles. The average molecular weight is 386 g/mol. The lowest BCUT2D eigenvalue weighted by Crippen LogP contribution is -2.20. The van der Waals surface area contributed by atoms with Crippen LogP contribution in [0.5, 0.6) is 0 Å². The number of halogens is 2. The third-order valence-corrected chi connectivity index (χ3v) is 4.58. The number of carbonyl (C=O) groups excluding carboxylic acids is 1. The summed E-state index contributed by atoms with van der Waals surface area (Å²) in [6, 6.07) is 12.4. The first kappa shape index (κ1) is 18.4. The number of aromatic nitrogens is 1. The molecule has 0 aliphatic carbocycles. The van der Waals surface area contributed by atoms with Gasteiger partial charge in [-0.2, -0.15) is 4.99 Å². The van der Waals surface area contributed by atoms with Crippen LogP contribution in [-0.4, -0.2) is 16.7 Å². The van der Waals surface area contributed by atoms with Crippen molar-refractivity contribution in [3.8, 4) is 11.1 Å². The number of amides is 1. The first-order chi connectivity index (χ1) is 12.4. The van der Waals surface area contributed by atoms with E-state index in [0.29, 0.717) is 21.4 Å². The fourth-order valence-corrected chi connectivity index (χ4v) is 3.04.